The van der Waals surface area contributed by atoms with E-state index in [4.69, 9.17) is 0 Å². The minimum atomic E-state index is -0.450. The van der Waals surface area contributed by atoms with Gasteiger partial charge in [0, 0.05) is 43.6 Å². The zero-order chi connectivity index (χ0) is 14.5. The summed E-state index contributed by atoms with van der Waals surface area (Å²) in [5, 5.41) is 16.7. The highest BCUT2D eigenvalue weighted by Crippen LogP contribution is 2.24. The van der Waals surface area contributed by atoms with E-state index in [9.17, 15) is 14.9 Å². The summed E-state index contributed by atoms with van der Waals surface area (Å²) in [6.07, 6.45) is 2.10. The second kappa shape index (κ2) is 6.23. The quantitative estimate of drug-likeness (QED) is 0.632. The molecule has 108 valence electrons. The number of nitrogens with zero attached hydrogens (tertiary/aromatic N) is 2. The molecular weight excluding hydrogens is 260 g/mol. The molecule has 0 bridgehead atoms. The van der Waals surface area contributed by atoms with Gasteiger partial charge in [-0.1, -0.05) is 0 Å². The molecule has 0 aromatic heterocycles. The lowest BCUT2D eigenvalue weighted by atomic mass is 10.2. The predicted octanol–water partition coefficient (Wildman–Crippen LogP) is 1.67. The molecule has 1 saturated heterocycles. The fourth-order valence-corrected chi connectivity index (χ4v) is 2.22. The Hall–Kier alpha value is -2.31. The third-order valence-corrected chi connectivity index (χ3v) is 3.32. The average Bonchev–Trinajstić information content (AvgIpc) is 2.98. The average molecular weight is 278 g/mol. The van der Waals surface area contributed by atoms with E-state index in [1.54, 1.807) is 13.1 Å². The van der Waals surface area contributed by atoms with Crippen LogP contribution in [0, 0.1) is 10.1 Å². The number of likely N-dealkylation sites (tertiary alicyclic amines) is 1. The van der Waals surface area contributed by atoms with Gasteiger partial charge in [0.1, 0.15) is 0 Å². The van der Waals surface area contributed by atoms with Crippen LogP contribution in [0.4, 0.5) is 17.1 Å². The Labute approximate surface area is 117 Å². The van der Waals surface area contributed by atoms with Gasteiger partial charge >= 0.3 is 0 Å². The normalized spacial score (nSPS) is 14.2. The second-order valence-corrected chi connectivity index (χ2v) is 4.72. The summed E-state index contributed by atoms with van der Waals surface area (Å²) < 4.78 is 0. The van der Waals surface area contributed by atoms with Crippen molar-refractivity contribution < 1.29 is 9.72 Å². The number of carbonyl (C=O) groups is 1. The van der Waals surface area contributed by atoms with E-state index >= 15 is 0 Å². The molecule has 1 amide bonds. The van der Waals surface area contributed by atoms with Crippen molar-refractivity contribution in [1.82, 2.24) is 4.90 Å². The lowest BCUT2D eigenvalue weighted by Gasteiger charge is -2.16. The molecule has 1 aromatic carbocycles. The van der Waals surface area contributed by atoms with Crippen LogP contribution in [-0.4, -0.2) is 42.4 Å². The van der Waals surface area contributed by atoms with Gasteiger partial charge in [-0.2, -0.15) is 0 Å². The zero-order valence-electron chi connectivity index (χ0n) is 11.4. The van der Waals surface area contributed by atoms with Gasteiger partial charge in [0.15, 0.2) is 0 Å². The lowest BCUT2D eigenvalue weighted by molar-refractivity contribution is -0.384. The molecule has 0 spiro atoms. The Morgan fingerprint density at radius 1 is 1.30 bits per heavy atom. The number of amides is 1. The first-order chi connectivity index (χ1) is 9.60. The molecule has 1 aromatic rings. The standard InChI is InChI=1S/C13H18N4O3/c1-14-10-6-11(8-12(7-10)17(19)20)15-9-13(18)16-4-2-3-5-16/h6-8,14-15H,2-5,9H2,1H3. The molecule has 2 rings (SSSR count). The minimum Gasteiger partial charge on any atom is -0.388 e. The van der Waals surface area contributed by atoms with Crippen LogP contribution in [0.15, 0.2) is 18.2 Å². The van der Waals surface area contributed by atoms with Gasteiger partial charge in [0.2, 0.25) is 5.91 Å². The Balaban J connectivity index is 2.02. The van der Waals surface area contributed by atoms with Gasteiger partial charge in [0.25, 0.3) is 5.69 Å². The molecule has 7 heteroatoms. The predicted molar refractivity (Wildman–Crippen MR) is 76.9 cm³/mol. The molecular formula is C13H18N4O3. The largest absolute Gasteiger partial charge is 0.388 e. The summed E-state index contributed by atoms with van der Waals surface area (Å²) in [6.45, 7) is 1.76. The minimum absolute atomic E-state index is 0.00651. The summed E-state index contributed by atoms with van der Waals surface area (Å²) in [5.74, 6) is 0.0278. The second-order valence-electron chi connectivity index (χ2n) is 4.72. The smallest absolute Gasteiger partial charge is 0.273 e. The highest BCUT2D eigenvalue weighted by atomic mass is 16.6. The SMILES string of the molecule is CNc1cc(NCC(=O)N2CCCC2)cc([N+](=O)[O-])c1. The first-order valence-electron chi connectivity index (χ1n) is 6.59. The summed E-state index contributed by atoms with van der Waals surface area (Å²) in [4.78, 5) is 24.1. The van der Waals surface area contributed by atoms with Crippen LogP contribution in [0.1, 0.15) is 12.8 Å². The van der Waals surface area contributed by atoms with Crippen molar-refractivity contribution in [2.45, 2.75) is 12.8 Å². The van der Waals surface area contributed by atoms with Crippen molar-refractivity contribution in [1.29, 1.82) is 0 Å². The third-order valence-electron chi connectivity index (χ3n) is 3.32. The van der Waals surface area contributed by atoms with Crippen molar-refractivity contribution in [2.24, 2.45) is 0 Å². The molecule has 20 heavy (non-hydrogen) atoms. The number of carbonyl (C=O) groups excluding carboxylic acids is 1. The molecule has 7 nitrogen and oxygen atoms in total. The molecule has 0 saturated carbocycles. The summed E-state index contributed by atoms with van der Waals surface area (Å²) in [7, 11) is 1.69. The number of nitro groups is 1. The van der Waals surface area contributed by atoms with Gasteiger partial charge in [-0.25, -0.2) is 0 Å². The summed E-state index contributed by atoms with van der Waals surface area (Å²) in [6, 6.07) is 4.62. The zero-order valence-corrected chi connectivity index (χ0v) is 11.4. The van der Waals surface area contributed by atoms with E-state index in [-0.39, 0.29) is 18.1 Å². The maximum Gasteiger partial charge on any atom is 0.273 e. The van der Waals surface area contributed by atoms with Crippen LogP contribution in [0.3, 0.4) is 0 Å². The van der Waals surface area contributed by atoms with E-state index < -0.39 is 4.92 Å². The molecule has 1 fully saturated rings. The highest BCUT2D eigenvalue weighted by molar-refractivity contribution is 5.81. The number of benzene rings is 1. The van der Waals surface area contributed by atoms with Crippen molar-refractivity contribution in [3.05, 3.63) is 28.3 Å². The van der Waals surface area contributed by atoms with Crippen molar-refractivity contribution in [3.8, 4) is 0 Å². The molecule has 0 radical (unpaired) electrons. The summed E-state index contributed by atoms with van der Waals surface area (Å²) >= 11 is 0. The van der Waals surface area contributed by atoms with Crippen LogP contribution < -0.4 is 10.6 Å². The van der Waals surface area contributed by atoms with Crippen LogP contribution >= 0.6 is 0 Å². The number of anilines is 2. The third kappa shape index (κ3) is 3.37. The monoisotopic (exact) mass is 278 g/mol. The van der Waals surface area contributed by atoms with E-state index in [2.05, 4.69) is 10.6 Å². The number of hydrogen-bond donors (Lipinski definition) is 2. The lowest BCUT2D eigenvalue weighted by Crippen LogP contribution is -2.32. The van der Waals surface area contributed by atoms with Gasteiger partial charge in [-0.15, -0.1) is 0 Å². The van der Waals surface area contributed by atoms with E-state index in [1.165, 1.54) is 12.1 Å². The Bertz CT molecular complexity index is 512. The van der Waals surface area contributed by atoms with Crippen LogP contribution in [0.2, 0.25) is 0 Å². The van der Waals surface area contributed by atoms with Crippen LogP contribution in [0.25, 0.3) is 0 Å². The fourth-order valence-electron chi connectivity index (χ4n) is 2.22. The van der Waals surface area contributed by atoms with Crippen molar-refractivity contribution >= 4 is 23.0 Å². The highest BCUT2D eigenvalue weighted by Gasteiger charge is 2.17. The maximum atomic E-state index is 11.9. The van der Waals surface area contributed by atoms with Gasteiger partial charge < -0.3 is 15.5 Å². The fraction of sp³-hybridized carbons (Fsp3) is 0.462. The molecule has 0 aliphatic carbocycles. The van der Waals surface area contributed by atoms with Gasteiger partial charge in [-0.3, -0.25) is 14.9 Å². The summed E-state index contributed by atoms with van der Waals surface area (Å²) in [5.41, 5.74) is 1.19. The van der Waals surface area contributed by atoms with Gasteiger partial charge in [-0.05, 0) is 18.9 Å². The van der Waals surface area contributed by atoms with Gasteiger partial charge in [0.05, 0.1) is 11.5 Å². The number of hydrogen-bond acceptors (Lipinski definition) is 5. The Morgan fingerprint density at radius 3 is 2.55 bits per heavy atom. The molecule has 0 atom stereocenters. The first-order valence-corrected chi connectivity index (χ1v) is 6.59. The molecule has 2 N–H and O–H groups in total. The van der Waals surface area contributed by atoms with Crippen LogP contribution in [0.5, 0.6) is 0 Å². The Kier molecular flexibility index (Phi) is 4.39. The molecule has 1 aliphatic rings. The number of nitro benzene ring substituents is 1. The molecule has 1 heterocycles. The molecule has 0 unspecified atom stereocenters. The van der Waals surface area contributed by atoms with Crippen molar-refractivity contribution in [2.75, 3.05) is 37.3 Å². The maximum absolute atomic E-state index is 11.9. The van der Waals surface area contributed by atoms with E-state index in [1.807, 2.05) is 4.90 Å². The van der Waals surface area contributed by atoms with E-state index in [0.717, 1.165) is 25.9 Å². The topological polar surface area (TPSA) is 87.5 Å². The van der Waals surface area contributed by atoms with E-state index in [0.29, 0.717) is 11.4 Å². The van der Waals surface area contributed by atoms with Crippen LogP contribution in [-0.2, 0) is 4.79 Å². The number of nitrogens with one attached hydrogen (secondary N) is 2. The van der Waals surface area contributed by atoms with Crippen molar-refractivity contribution in [3.63, 3.8) is 0 Å². The first kappa shape index (κ1) is 14.1. The Morgan fingerprint density at radius 2 is 1.95 bits per heavy atom. The number of rotatable bonds is 5. The number of non-ortho nitro benzene ring substituents is 1. The molecule has 1 aliphatic heterocycles.